The van der Waals surface area contributed by atoms with E-state index in [1.54, 1.807) is 6.07 Å². The maximum atomic E-state index is 12.7. The summed E-state index contributed by atoms with van der Waals surface area (Å²) in [5.74, 6) is 0.557. The first-order valence-electron chi connectivity index (χ1n) is 7.25. The Morgan fingerprint density at radius 3 is 2.35 bits per heavy atom. The summed E-state index contributed by atoms with van der Waals surface area (Å²) >= 11 is 5.80. The average Bonchev–Trinajstić information content (AvgIpc) is 2.61. The van der Waals surface area contributed by atoms with Gasteiger partial charge in [0.05, 0.1) is 18.4 Å². The first-order valence-corrected chi connectivity index (χ1v) is 7.63. The summed E-state index contributed by atoms with van der Waals surface area (Å²) < 4.78 is 48.7. The van der Waals surface area contributed by atoms with E-state index in [0.29, 0.717) is 17.0 Å². The van der Waals surface area contributed by atoms with Gasteiger partial charge in [-0.25, -0.2) is 4.98 Å². The summed E-state index contributed by atoms with van der Waals surface area (Å²) in [6.45, 7) is 0. The van der Waals surface area contributed by atoms with E-state index < -0.39 is 11.7 Å². The van der Waals surface area contributed by atoms with Gasteiger partial charge in [0.2, 0.25) is 5.88 Å². The quantitative estimate of drug-likeness (QED) is 0.594. The zero-order chi connectivity index (χ0) is 18.7. The molecule has 0 radical (unpaired) electrons. The Morgan fingerprint density at radius 1 is 1.00 bits per heavy atom. The van der Waals surface area contributed by atoms with E-state index in [1.165, 1.54) is 37.6 Å². The minimum absolute atomic E-state index is 0.0403. The lowest BCUT2D eigenvalue weighted by Crippen LogP contribution is -2.04. The van der Waals surface area contributed by atoms with Gasteiger partial charge in [-0.3, -0.25) is 0 Å². The highest BCUT2D eigenvalue weighted by molar-refractivity contribution is 6.29. The third kappa shape index (κ3) is 4.20. The first kappa shape index (κ1) is 17.9. The number of hydrogen-bond donors (Lipinski definition) is 0. The molecule has 26 heavy (non-hydrogen) atoms. The molecule has 2 heterocycles. The van der Waals surface area contributed by atoms with Gasteiger partial charge in [0.25, 0.3) is 0 Å². The lowest BCUT2D eigenvalue weighted by molar-refractivity contribution is -0.137. The van der Waals surface area contributed by atoms with Crippen LogP contribution >= 0.6 is 11.6 Å². The van der Waals surface area contributed by atoms with Gasteiger partial charge < -0.3 is 9.47 Å². The number of nitrogens with zero attached hydrogens (tertiary/aromatic N) is 3. The van der Waals surface area contributed by atoms with Gasteiger partial charge in [-0.2, -0.15) is 23.1 Å². The van der Waals surface area contributed by atoms with Gasteiger partial charge in [-0.1, -0.05) is 23.7 Å². The van der Waals surface area contributed by atoms with Crippen LogP contribution in [0.4, 0.5) is 13.2 Å². The number of methoxy groups -OCH3 is 1. The number of alkyl halides is 3. The lowest BCUT2D eigenvalue weighted by atomic mass is 10.1. The molecule has 0 aliphatic rings. The summed E-state index contributed by atoms with van der Waals surface area (Å²) in [5, 5.41) is 0.230. The maximum Gasteiger partial charge on any atom is 0.416 e. The minimum Gasteiger partial charge on any atom is -0.481 e. The number of ether oxygens (including phenoxy) is 2. The zero-order valence-electron chi connectivity index (χ0n) is 13.3. The van der Waals surface area contributed by atoms with Crippen molar-refractivity contribution in [2.24, 2.45) is 0 Å². The molecule has 0 amide bonds. The molecule has 0 N–H and O–H groups in total. The molecule has 0 saturated carbocycles. The van der Waals surface area contributed by atoms with Crippen LogP contribution in [0.3, 0.4) is 0 Å². The lowest BCUT2D eigenvalue weighted by Gasteiger charge is -2.10. The summed E-state index contributed by atoms with van der Waals surface area (Å²) in [6, 6.07) is 9.08. The second-order valence-corrected chi connectivity index (χ2v) is 5.46. The highest BCUT2D eigenvalue weighted by atomic mass is 35.5. The molecule has 0 atom stereocenters. The monoisotopic (exact) mass is 381 g/mol. The Bertz CT molecular complexity index is 918. The molecular weight excluding hydrogens is 371 g/mol. The van der Waals surface area contributed by atoms with E-state index in [4.69, 9.17) is 21.1 Å². The largest absolute Gasteiger partial charge is 0.481 e. The van der Waals surface area contributed by atoms with Crippen LogP contribution in [0.2, 0.25) is 5.15 Å². The van der Waals surface area contributed by atoms with Gasteiger partial charge >= 0.3 is 12.2 Å². The SMILES string of the molecule is COc1cc(-c2ccc(C(F)(F)F)cc2)nc(Oc2ccnc(Cl)c2)n1. The number of rotatable bonds is 4. The van der Waals surface area contributed by atoms with Crippen molar-refractivity contribution >= 4 is 11.6 Å². The van der Waals surface area contributed by atoms with Crippen molar-refractivity contribution in [1.29, 1.82) is 0 Å². The molecule has 0 fully saturated rings. The van der Waals surface area contributed by atoms with Crippen molar-refractivity contribution < 1.29 is 22.6 Å². The van der Waals surface area contributed by atoms with E-state index in [0.717, 1.165) is 12.1 Å². The van der Waals surface area contributed by atoms with Crippen molar-refractivity contribution in [1.82, 2.24) is 15.0 Å². The molecule has 0 unspecified atom stereocenters. The van der Waals surface area contributed by atoms with E-state index >= 15 is 0 Å². The molecule has 9 heteroatoms. The highest BCUT2D eigenvalue weighted by Crippen LogP contribution is 2.32. The molecule has 3 rings (SSSR count). The molecule has 0 bridgehead atoms. The van der Waals surface area contributed by atoms with Crippen molar-refractivity contribution in [2.45, 2.75) is 6.18 Å². The molecule has 0 spiro atoms. The zero-order valence-corrected chi connectivity index (χ0v) is 14.0. The standard InChI is InChI=1S/C17H11ClF3N3O2/c1-25-15-9-13(10-2-4-11(5-3-10)17(19,20)21)23-16(24-15)26-12-6-7-22-14(18)8-12/h2-9H,1H3. The summed E-state index contributed by atoms with van der Waals surface area (Å²) in [5.41, 5.74) is 0.0576. The first-order chi connectivity index (χ1) is 12.3. The van der Waals surface area contributed by atoms with E-state index in [-0.39, 0.29) is 17.0 Å². The van der Waals surface area contributed by atoms with Crippen LogP contribution < -0.4 is 9.47 Å². The Morgan fingerprint density at radius 2 is 1.73 bits per heavy atom. The number of halogens is 4. The molecule has 0 saturated heterocycles. The number of aromatic nitrogens is 3. The Labute approximate surface area is 151 Å². The van der Waals surface area contributed by atoms with Crippen LogP contribution in [-0.4, -0.2) is 22.1 Å². The van der Waals surface area contributed by atoms with Crippen LogP contribution in [-0.2, 0) is 6.18 Å². The molecular formula is C17H11ClF3N3O2. The van der Waals surface area contributed by atoms with Crippen molar-refractivity contribution in [3.05, 3.63) is 59.4 Å². The second kappa shape index (κ2) is 7.17. The number of hydrogen-bond acceptors (Lipinski definition) is 5. The van der Waals surface area contributed by atoms with Crippen LogP contribution in [0.5, 0.6) is 17.6 Å². The molecule has 1 aromatic carbocycles. The minimum atomic E-state index is -4.41. The molecule has 5 nitrogen and oxygen atoms in total. The Kier molecular flexibility index (Phi) is 4.94. The highest BCUT2D eigenvalue weighted by Gasteiger charge is 2.30. The van der Waals surface area contributed by atoms with E-state index in [2.05, 4.69) is 15.0 Å². The predicted molar refractivity (Wildman–Crippen MR) is 88.3 cm³/mol. The van der Waals surface area contributed by atoms with Gasteiger partial charge in [0.15, 0.2) is 0 Å². The maximum absolute atomic E-state index is 12.7. The Hall–Kier alpha value is -2.87. The smallest absolute Gasteiger partial charge is 0.416 e. The van der Waals surface area contributed by atoms with Crippen LogP contribution in [0.15, 0.2) is 48.7 Å². The van der Waals surface area contributed by atoms with E-state index in [1.807, 2.05) is 0 Å². The van der Waals surface area contributed by atoms with Gasteiger partial charge in [0.1, 0.15) is 10.9 Å². The number of benzene rings is 1. The molecule has 134 valence electrons. The predicted octanol–water partition coefficient (Wildman–Crippen LogP) is 5.01. The normalized spacial score (nSPS) is 11.3. The second-order valence-electron chi connectivity index (χ2n) is 5.07. The fourth-order valence-electron chi connectivity index (χ4n) is 2.09. The summed E-state index contributed by atoms with van der Waals surface area (Å²) in [7, 11) is 1.41. The van der Waals surface area contributed by atoms with Gasteiger partial charge in [-0.05, 0) is 18.2 Å². The van der Waals surface area contributed by atoms with E-state index in [9.17, 15) is 13.2 Å². The van der Waals surface area contributed by atoms with Crippen molar-refractivity contribution in [2.75, 3.05) is 7.11 Å². The Balaban J connectivity index is 1.95. The molecule has 3 aromatic rings. The average molecular weight is 382 g/mol. The van der Waals surface area contributed by atoms with Crippen molar-refractivity contribution in [3.63, 3.8) is 0 Å². The van der Waals surface area contributed by atoms with Gasteiger partial charge in [-0.15, -0.1) is 0 Å². The molecule has 0 aliphatic carbocycles. The van der Waals surface area contributed by atoms with Crippen molar-refractivity contribution in [3.8, 4) is 28.9 Å². The van der Waals surface area contributed by atoms with Crippen LogP contribution in [0, 0.1) is 0 Å². The fraction of sp³-hybridized carbons (Fsp3) is 0.118. The summed E-state index contributed by atoms with van der Waals surface area (Å²) in [4.78, 5) is 12.1. The van der Waals surface area contributed by atoms with Crippen LogP contribution in [0.1, 0.15) is 5.56 Å². The third-order valence-electron chi connectivity index (χ3n) is 3.31. The molecule has 0 aliphatic heterocycles. The van der Waals surface area contributed by atoms with Crippen LogP contribution in [0.25, 0.3) is 11.3 Å². The molecule has 2 aromatic heterocycles. The summed E-state index contributed by atoms with van der Waals surface area (Å²) in [6.07, 6.45) is -2.95. The third-order valence-corrected chi connectivity index (χ3v) is 3.51. The number of pyridine rings is 1. The van der Waals surface area contributed by atoms with Gasteiger partial charge in [0, 0.05) is 23.9 Å². The topological polar surface area (TPSA) is 57.1 Å². The fourth-order valence-corrected chi connectivity index (χ4v) is 2.25.